The smallest absolute Gasteiger partial charge is 0.256 e. The van der Waals surface area contributed by atoms with Gasteiger partial charge in [-0.05, 0) is 37.1 Å². The Morgan fingerprint density at radius 1 is 1.22 bits per heavy atom. The summed E-state index contributed by atoms with van der Waals surface area (Å²) in [6.45, 7) is 1.72. The second kappa shape index (κ2) is 9.92. The van der Waals surface area contributed by atoms with Gasteiger partial charge in [-0.1, -0.05) is 6.07 Å². The van der Waals surface area contributed by atoms with Crippen molar-refractivity contribution in [3.63, 3.8) is 0 Å². The number of imidazole rings is 1. The Morgan fingerprint density at radius 3 is 2.78 bits per heavy atom. The Hall–Kier alpha value is -3.41. The standard InChI is InChI=1S/C24H27F4N7O/c1-14-29-19-4-3-15(11-20(19)34(14)13-21(27)28)16-5-9-35-22(16)23(36-2)31-24(32-35)30-18-6-8-33(10-7-25)12-17(18)26/h3-5,9,11,17-18,21H,6-8,10,12-13H2,1-2H3,(H,30,32)/t17-,18-/m0/s1. The van der Waals surface area contributed by atoms with Gasteiger partial charge in [0.25, 0.3) is 6.43 Å². The zero-order valence-electron chi connectivity index (χ0n) is 20.0. The van der Waals surface area contributed by atoms with Crippen LogP contribution in [0.1, 0.15) is 12.2 Å². The third kappa shape index (κ3) is 4.57. The lowest BCUT2D eigenvalue weighted by Gasteiger charge is -2.34. The number of halogens is 4. The summed E-state index contributed by atoms with van der Waals surface area (Å²) in [4.78, 5) is 10.6. The number of nitrogens with zero attached hydrogens (tertiary/aromatic N) is 6. The number of fused-ring (bicyclic) bond motifs is 2. The number of methoxy groups -OCH3 is 1. The second-order valence-electron chi connectivity index (χ2n) is 8.88. The van der Waals surface area contributed by atoms with Gasteiger partial charge < -0.3 is 14.6 Å². The third-order valence-electron chi connectivity index (χ3n) is 6.58. The molecule has 0 saturated carbocycles. The maximum atomic E-state index is 14.7. The summed E-state index contributed by atoms with van der Waals surface area (Å²) >= 11 is 0. The fourth-order valence-corrected chi connectivity index (χ4v) is 4.83. The van der Waals surface area contributed by atoms with Gasteiger partial charge in [0, 0.05) is 31.4 Å². The molecule has 1 aliphatic heterocycles. The van der Waals surface area contributed by atoms with E-state index in [1.54, 1.807) is 28.6 Å². The van der Waals surface area contributed by atoms with E-state index in [0.29, 0.717) is 35.3 Å². The zero-order valence-corrected chi connectivity index (χ0v) is 20.0. The molecule has 0 amide bonds. The lowest BCUT2D eigenvalue weighted by molar-refractivity contribution is 0.120. The van der Waals surface area contributed by atoms with E-state index in [0.717, 1.165) is 11.1 Å². The second-order valence-corrected chi connectivity index (χ2v) is 8.88. The molecule has 4 heterocycles. The topological polar surface area (TPSA) is 72.5 Å². The number of hydrogen-bond acceptors (Lipinski definition) is 6. The van der Waals surface area contributed by atoms with Crippen molar-refractivity contribution in [1.29, 1.82) is 0 Å². The Morgan fingerprint density at radius 2 is 2.06 bits per heavy atom. The molecule has 1 fully saturated rings. The quantitative estimate of drug-likeness (QED) is 0.363. The van der Waals surface area contributed by atoms with Crippen molar-refractivity contribution in [2.45, 2.75) is 38.5 Å². The van der Waals surface area contributed by atoms with Gasteiger partial charge in [-0.15, -0.1) is 5.10 Å². The number of aryl methyl sites for hydroxylation is 1. The molecule has 0 radical (unpaired) electrons. The molecule has 0 spiro atoms. The average Bonchev–Trinajstić information content (AvgIpc) is 3.41. The van der Waals surface area contributed by atoms with Gasteiger partial charge in [0.05, 0.1) is 30.7 Å². The van der Waals surface area contributed by atoms with Crippen molar-refractivity contribution in [3.8, 4) is 17.0 Å². The molecule has 0 aliphatic carbocycles. The van der Waals surface area contributed by atoms with E-state index in [2.05, 4.69) is 20.4 Å². The number of likely N-dealkylation sites (tertiary alicyclic amines) is 1. The molecular weight excluding hydrogens is 478 g/mol. The van der Waals surface area contributed by atoms with Crippen LogP contribution in [0.3, 0.4) is 0 Å². The van der Waals surface area contributed by atoms with Crippen molar-refractivity contribution in [1.82, 2.24) is 29.0 Å². The number of alkyl halides is 4. The normalized spacial score (nSPS) is 19.0. The van der Waals surface area contributed by atoms with Crippen molar-refractivity contribution in [2.75, 3.05) is 38.7 Å². The van der Waals surface area contributed by atoms with Crippen molar-refractivity contribution >= 4 is 22.5 Å². The monoisotopic (exact) mass is 505 g/mol. The van der Waals surface area contributed by atoms with E-state index >= 15 is 0 Å². The number of rotatable bonds is 8. The van der Waals surface area contributed by atoms with Crippen LogP contribution in [-0.2, 0) is 6.54 Å². The first kappa shape index (κ1) is 24.3. The molecule has 3 aromatic heterocycles. The van der Waals surface area contributed by atoms with Crippen LogP contribution in [0.5, 0.6) is 5.88 Å². The number of anilines is 1. The Balaban J connectivity index is 1.47. The van der Waals surface area contributed by atoms with Crippen molar-refractivity contribution in [3.05, 3.63) is 36.3 Å². The van der Waals surface area contributed by atoms with Crippen LogP contribution in [0.15, 0.2) is 30.5 Å². The Kier molecular flexibility index (Phi) is 6.69. The summed E-state index contributed by atoms with van der Waals surface area (Å²) in [6, 6.07) is 6.81. The first-order valence-corrected chi connectivity index (χ1v) is 11.8. The first-order valence-electron chi connectivity index (χ1n) is 11.8. The molecule has 192 valence electrons. The number of piperidine rings is 1. The number of hydrogen-bond donors (Lipinski definition) is 1. The number of aromatic nitrogens is 5. The summed E-state index contributed by atoms with van der Waals surface area (Å²) in [5.74, 6) is 1.02. The summed E-state index contributed by atoms with van der Waals surface area (Å²) in [5, 5.41) is 7.56. The largest absolute Gasteiger partial charge is 0.479 e. The molecule has 12 heteroatoms. The molecule has 1 aliphatic rings. The highest BCUT2D eigenvalue weighted by molar-refractivity contribution is 5.89. The van der Waals surface area contributed by atoms with E-state index in [4.69, 9.17) is 4.74 Å². The van der Waals surface area contributed by atoms with Gasteiger partial charge in [0.1, 0.15) is 24.2 Å². The van der Waals surface area contributed by atoms with Gasteiger partial charge in [-0.2, -0.15) is 4.98 Å². The van der Waals surface area contributed by atoms with Crippen LogP contribution >= 0.6 is 0 Å². The minimum atomic E-state index is -2.50. The lowest BCUT2D eigenvalue weighted by atomic mass is 10.0. The summed E-state index contributed by atoms with van der Waals surface area (Å²) in [5.41, 5.74) is 3.36. The van der Waals surface area contributed by atoms with Crippen molar-refractivity contribution < 1.29 is 22.3 Å². The van der Waals surface area contributed by atoms with Crippen LogP contribution in [0.25, 0.3) is 27.7 Å². The fourth-order valence-electron chi connectivity index (χ4n) is 4.83. The van der Waals surface area contributed by atoms with E-state index < -0.39 is 31.9 Å². The van der Waals surface area contributed by atoms with E-state index in [1.807, 2.05) is 18.2 Å². The summed E-state index contributed by atoms with van der Waals surface area (Å²) in [7, 11) is 1.49. The van der Waals surface area contributed by atoms with Crippen LogP contribution in [-0.4, -0.2) is 81.1 Å². The predicted octanol–water partition coefficient (Wildman–Crippen LogP) is 4.12. The maximum Gasteiger partial charge on any atom is 0.256 e. The molecule has 4 aromatic rings. The van der Waals surface area contributed by atoms with E-state index in [-0.39, 0.29) is 24.9 Å². The number of nitrogens with one attached hydrogen (secondary N) is 1. The molecule has 5 rings (SSSR count). The molecule has 2 atom stereocenters. The van der Waals surface area contributed by atoms with Crippen LogP contribution in [0.4, 0.5) is 23.5 Å². The van der Waals surface area contributed by atoms with Gasteiger partial charge in [0.2, 0.25) is 11.8 Å². The van der Waals surface area contributed by atoms with Crippen LogP contribution < -0.4 is 10.1 Å². The van der Waals surface area contributed by atoms with E-state index in [1.165, 1.54) is 11.7 Å². The molecule has 1 N–H and O–H groups in total. The highest BCUT2D eigenvalue weighted by Gasteiger charge is 2.30. The van der Waals surface area contributed by atoms with E-state index in [9.17, 15) is 17.6 Å². The van der Waals surface area contributed by atoms with Gasteiger partial charge >= 0.3 is 0 Å². The zero-order chi connectivity index (χ0) is 25.4. The number of ether oxygens (including phenoxy) is 1. The molecule has 1 aromatic carbocycles. The number of benzene rings is 1. The molecular formula is C24H27F4N7O. The van der Waals surface area contributed by atoms with Crippen LogP contribution in [0, 0.1) is 6.92 Å². The maximum absolute atomic E-state index is 14.7. The minimum Gasteiger partial charge on any atom is -0.479 e. The van der Waals surface area contributed by atoms with Gasteiger partial charge in [-0.25, -0.2) is 27.1 Å². The molecule has 1 saturated heterocycles. The van der Waals surface area contributed by atoms with Crippen molar-refractivity contribution in [2.24, 2.45) is 0 Å². The molecule has 0 unspecified atom stereocenters. The highest BCUT2D eigenvalue weighted by Crippen LogP contribution is 2.33. The van der Waals surface area contributed by atoms with Crippen LogP contribution in [0.2, 0.25) is 0 Å². The van der Waals surface area contributed by atoms with Gasteiger partial charge in [-0.3, -0.25) is 4.90 Å². The molecule has 8 nitrogen and oxygen atoms in total. The minimum absolute atomic E-state index is 0.152. The lowest BCUT2D eigenvalue weighted by Crippen LogP contribution is -2.48. The average molecular weight is 506 g/mol. The fraction of sp³-hybridized carbons (Fsp3) is 0.458. The first-order chi connectivity index (χ1) is 17.4. The molecule has 36 heavy (non-hydrogen) atoms. The molecule has 0 bridgehead atoms. The van der Waals surface area contributed by atoms with Gasteiger partial charge in [0.15, 0.2) is 0 Å². The Labute approximate surface area is 204 Å². The summed E-state index contributed by atoms with van der Waals surface area (Å²) in [6.07, 6.45) is -1.46. The third-order valence-corrected chi connectivity index (χ3v) is 6.58. The Bertz CT molecular complexity index is 1370. The predicted molar refractivity (Wildman–Crippen MR) is 128 cm³/mol. The SMILES string of the molecule is COc1nc(N[C@H]2CCN(CCF)C[C@@H]2F)nn2ccc(-c3ccc4nc(C)n(CC(F)F)c4c3)c12. The summed E-state index contributed by atoms with van der Waals surface area (Å²) < 4.78 is 62.2. The highest BCUT2D eigenvalue weighted by atomic mass is 19.3.